The molecule has 10 nitrogen and oxygen atoms in total. The lowest BCUT2D eigenvalue weighted by molar-refractivity contribution is 0.0649. The zero-order chi connectivity index (χ0) is 27.4. The van der Waals surface area contributed by atoms with E-state index in [9.17, 15) is 39.6 Å². The fraction of sp³-hybridized carbons (Fsp3) is 0. The number of hydrogen-bond acceptors (Lipinski definition) is 6. The maximum Gasteiger partial charge on any atom is 0.340 e. The summed E-state index contributed by atoms with van der Waals surface area (Å²) in [5.74, 6) is -5.93. The van der Waals surface area contributed by atoms with E-state index in [-0.39, 0.29) is 23.0 Å². The molecular weight excluding hydrogens is 496 g/mol. The molecule has 0 aliphatic heterocycles. The third-order valence-electron chi connectivity index (χ3n) is 5.45. The molecule has 0 amide bonds. The highest BCUT2D eigenvalue weighted by Crippen LogP contribution is 2.41. The van der Waals surface area contributed by atoms with Gasteiger partial charge in [-0.05, 0) is 36.4 Å². The second-order valence-corrected chi connectivity index (χ2v) is 7.77. The number of hydrogen-bond donors (Lipinski definition) is 4. The molecule has 0 saturated heterocycles. The number of rotatable bonds is 9. The number of carboxylic acids is 4. The van der Waals surface area contributed by atoms with Crippen LogP contribution in [0.4, 0.5) is 0 Å². The van der Waals surface area contributed by atoms with E-state index in [4.69, 9.17) is 9.47 Å². The highest BCUT2D eigenvalue weighted by molar-refractivity contribution is 6.04. The highest BCUT2D eigenvalue weighted by atomic mass is 16.5. The first kappa shape index (κ1) is 25.5. The van der Waals surface area contributed by atoms with Crippen molar-refractivity contribution in [3.8, 4) is 34.1 Å². The van der Waals surface area contributed by atoms with E-state index in [2.05, 4.69) is 0 Å². The van der Waals surface area contributed by atoms with Crippen molar-refractivity contribution >= 4 is 23.9 Å². The lowest BCUT2D eigenvalue weighted by atomic mass is 10.0. The molecule has 0 spiro atoms. The van der Waals surface area contributed by atoms with E-state index in [1.165, 1.54) is 24.3 Å². The van der Waals surface area contributed by atoms with E-state index >= 15 is 0 Å². The molecule has 4 N–H and O–H groups in total. The lowest BCUT2D eigenvalue weighted by Gasteiger charge is -2.17. The van der Waals surface area contributed by atoms with Crippen LogP contribution in [0.3, 0.4) is 0 Å². The Morgan fingerprint density at radius 2 is 0.763 bits per heavy atom. The molecule has 0 saturated carbocycles. The summed E-state index contributed by atoms with van der Waals surface area (Å²) in [7, 11) is 0. The van der Waals surface area contributed by atoms with Crippen molar-refractivity contribution in [2.24, 2.45) is 0 Å². The Kier molecular flexibility index (Phi) is 7.06. The van der Waals surface area contributed by atoms with Gasteiger partial charge in [-0.1, -0.05) is 48.5 Å². The minimum atomic E-state index is -1.49. The van der Waals surface area contributed by atoms with Crippen LogP contribution in [-0.4, -0.2) is 44.3 Å². The first-order valence-corrected chi connectivity index (χ1v) is 10.9. The maximum atomic E-state index is 11.9. The molecular formula is C28H18O10. The molecule has 38 heavy (non-hydrogen) atoms. The Labute approximate surface area is 214 Å². The van der Waals surface area contributed by atoms with Gasteiger partial charge in [0, 0.05) is 11.1 Å². The predicted molar refractivity (Wildman–Crippen MR) is 133 cm³/mol. The van der Waals surface area contributed by atoms with Crippen LogP contribution in [0.25, 0.3) is 11.1 Å². The molecule has 4 aromatic rings. The number of ether oxygens (including phenoxy) is 2. The summed E-state index contributed by atoms with van der Waals surface area (Å²) < 4.78 is 11.8. The summed E-state index contributed by atoms with van der Waals surface area (Å²) in [5, 5.41) is 38.1. The molecule has 0 fully saturated rings. The topological polar surface area (TPSA) is 168 Å². The van der Waals surface area contributed by atoms with E-state index < -0.39 is 46.1 Å². The summed E-state index contributed by atoms with van der Waals surface area (Å²) in [5.41, 5.74) is -1.14. The minimum Gasteiger partial charge on any atom is -0.478 e. The number of aromatic carboxylic acids is 4. The van der Waals surface area contributed by atoms with Gasteiger partial charge >= 0.3 is 23.9 Å². The second-order valence-electron chi connectivity index (χ2n) is 7.77. The fourth-order valence-electron chi connectivity index (χ4n) is 3.82. The molecule has 0 heterocycles. The normalized spacial score (nSPS) is 10.4. The first-order valence-electron chi connectivity index (χ1n) is 10.9. The van der Waals surface area contributed by atoms with Crippen molar-refractivity contribution < 1.29 is 49.1 Å². The summed E-state index contributed by atoms with van der Waals surface area (Å²) >= 11 is 0. The zero-order valence-corrected chi connectivity index (χ0v) is 19.3. The third-order valence-corrected chi connectivity index (χ3v) is 5.45. The molecule has 0 radical (unpaired) electrons. The van der Waals surface area contributed by atoms with Crippen LogP contribution in [0.1, 0.15) is 41.4 Å². The van der Waals surface area contributed by atoms with Gasteiger partial charge in [-0.25, -0.2) is 19.2 Å². The summed E-state index contributed by atoms with van der Waals surface area (Å²) in [4.78, 5) is 46.8. The standard InChI is InChI=1S/C28H18O10/c29-25(30)17-9-5-13-21(23(17)27(33)34)37-19-11-3-1-7-15(19)16-8-2-4-12-20(16)38-22-14-6-10-18(26(31)32)24(22)28(35)36/h1-14H,(H,29,30)(H,31,32)(H,33,34)(H,35,36). The summed E-state index contributed by atoms with van der Waals surface area (Å²) in [6.45, 7) is 0. The van der Waals surface area contributed by atoms with Crippen molar-refractivity contribution in [1.29, 1.82) is 0 Å². The second kappa shape index (κ2) is 10.5. The third kappa shape index (κ3) is 5.00. The van der Waals surface area contributed by atoms with Crippen LogP contribution in [0.15, 0.2) is 84.9 Å². The van der Waals surface area contributed by atoms with E-state index in [0.717, 1.165) is 12.1 Å². The molecule has 0 unspecified atom stereocenters. The number of carbonyl (C=O) groups is 4. The molecule has 0 aliphatic rings. The number of benzene rings is 4. The molecule has 4 aromatic carbocycles. The summed E-state index contributed by atoms with van der Waals surface area (Å²) in [6, 6.07) is 20.6. The van der Waals surface area contributed by atoms with Gasteiger partial charge in [0.05, 0.1) is 11.1 Å². The van der Waals surface area contributed by atoms with Crippen LogP contribution in [0.2, 0.25) is 0 Å². The van der Waals surface area contributed by atoms with Gasteiger partial charge in [0.15, 0.2) is 0 Å². The van der Waals surface area contributed by atoms with Gasteiger partial charge in [0.1, 0.15) is 34.1 Å². The van der Waals surface area contributed by atoms with Crippen molar-refractivity contribution in [1.82, 2.24) is 0 Å². The maximum absolute atomic E-state index is 11.9. The van der Waals surface area contributed by atoms with Crippen molar-refractivity contribution in [3.05, 3.63) is 107 Å². The van der Waals surface area contributed by atoms with Crippen LogP contribution in [0, 0.1) is 0 Å². The Morgan fingerprint density at radius 1 is 0.421 bits per heavy atom. The highest BCUT2D eigenvalue weighted by Gasteiger charge is 2.24. The van der Waals surface area contributed by atoms with E-state index in [1.807, 2.05) is 0 Å². The Bertz CT molecular complexity index is 1470. The van der Waals surface area contributed by atoms with Gasteiger partial charge in [0.2, 0.25) is 0 Å². The monoisotopic (exact) mass is 514 g/mol. The quantitative estimate of drug-likeness (QED) is 0.216. The van der Waals surface area contributed by atoms with Crippen LogP contribution in [0.5, 0.6) is 23.0 Å². The fourth-order valence-corrected chi connectivity index (χ4v) is 3.82. The Hall–Kier alpha value is -5.64. The lowest BCUT2D eigenvalue weighted by Crippen LogP contribution is -2.10. The van der Waals surface area contributed by atoms with Crippen molar-refractivity contribution in [2.75, 3.05) is 0 Å². The molecule has 0 aliphatic carbocycles. The molecule has 4 rings (SSSR count). The van der Waals surface area contributed by atoms with Gasteiger partial charge in [-0.2, -0.15) is 0 Å². The summed E-state index contributed by atoms with van der Waals surface area (Å²) in [6.07, 6.45) is 0. The first-order chi connectivity index (χ1) is 18.2. The largest absolute Gasteiger partial charge is 0.478 e. The van der Waals surface area contributed by atoms with Crippen LogP contribution < -0.4 is 9.47 Å². The SMILES string of the molecule is O=C(O)c1cccc(Oc2ccccc2-c2ccccc2Oc2cccc(C(=O)O)c2C(=O)O)c1C(=O)O. The molecule has 10 heteroatoms. The van der Waals surface area contributed by atoms with E-state index in [0.29, 0.717) is 11.1 Å². The number of carboxylic acid groups (broad SMARTS) is 4. The van der Waals surface area contributed by atoms with Gasteiger partial charge < -0.3 is 29.9 Å². The van der Waals surface area contributed by atoms with Crippen molar-refractivity contribution in [2.45, 2.75) is 0 Å². The molecule has 0 atom stereocenters. The van der Waals surface area contributed by atoms with Crippen LogP contribution in [-0.2, 0) is 0 Å². The van der Waals surface area contributed by atoms with Gasteiger partial charge in [-0.15, -0.1) is 0 Å². The average Bonchev–Trinajstić information content (AvgIpc) is 2.88. The van der Waals surface area contributed by atoms with Gasteiger partial charge in [-0.3, -0.25) is 0 Å². The van der Waals surface area contributed by atoms with Crippen LogP contribution >= 0.6 is 0 Å². The minimum absolute atomic E-state index is 0.159. The molecule has 190 valence electrons. The van der Waals surface area contributed by atoms with Crippen molar-refractivity contribution in [3.63, 3.8) is 0 Å². The predicted octanol–water partition coefficient (Wildman–Crippen LogP) is 5.73. The van der Waals surface area contributed by atoms with Gasteiger partial charge in [0.25, 0.3) is 0 Å². The molecule has 0 aromatic heterocycles. The number of para-hydroxylation sites is 2. The Balaban J connectivity index is 1.81. The smallest absolute Gasteiger partial charge is 0.340 e. The van der Waals surface area contributed by atoms with E-state index in [1.54, 1.807) is 48.5 Å². The Morgan fingerprint density at radius 3 is 1.11 bits per heavy atom. The molecule has 0 bridgehead atoms. The average molecular weight is 514 g/mol. The zero-order valence-electron chi connectivity index (χ0n) is 19.3.